The van der Waals surface area contributed by atoms with Crippen molar-refractivity contribution in [3.63, 3.8) is 0 Å². The fourth-order valence-corrected chi connectivity index (χ4v) is 3.57. The lowest BCUT2D eigenvalue weighted by Gasteiger charge is -2.39. The first-order valence-corrected chi connectivity index (χ1v) is 8.14. The first kappa shape index (κ1) is 16.3. The second-order valence-corrected chi connectivity index (χ2v) is 7.16. The summed E-state index contributed by atoms with van der Waals surface area (Å²) < 4.78 is 0. The third kappa shape index (κ3) is 4.19. The molecule has 5 heteroatoms. The Hall–Kier alpha value is -1.10. The van der Waals surface area contributed by atoms with Gasteiger partial charge in [-0.3, -0.25) is 9.59 Å². The van der Waals surface area contributed by atoms with E-state index in [0.717, 1.165) is 6.42 Å². The second-order valence-electron chi connectivity index (χ2n) is 7.16. The molecule has 2 rings (SSSR count). The molecule has 1 atom stereocenters. The molecule has 1 unspecified atom stereocenters. The zero-order chi connectivity index (χ0) is 15.5. The van der Waals surface area contributed by atoms with Gasteiger partial charge >= 0.3 is 5.97 Å². The lowest BCUT2D eigenvalue weighted by atomic mass is 9.73. The van der Waals surface area contributed by atoms with E-state index in [1.54, 1.807) is 0 Å². The number of carbonyl (C=O) groups is 2. The molecule has 1 saturated heterocycles. The average molecular weight is 296 g/mol. The van der Waals surface area contributed by atoms with Crippen molar-refractivity contribution in [2.75, 3.05) is 19.6 Å². The fraction of sp³-hybridized carbons (Fsp3) is 0.875. The van der Waals surface area contributed by atoms with Crippen LogP contribution in [0.3, 0.4) is 0 Å². The van der Waals surface area contributed by atoms with E-state index < -0.39 is 5.97 Å². The standard InChI is InChI=1S/C16H28N2O3/c1-16(2)8-4-3-5-13(16)17-11-14(19)18-9-6-12(7-10-18)15(20)21/h12-13,17H,3-11H2,1-2H3,(H,20,21). The summed E-state index contributed by atoms with van der Waals surface area (Å²) in [6, 6.07) is 0.409. The highest BCUT2D eigenvalue weighted by Crippen LogP contribution is 2.35. The van der Waals surface area contributed by atoms with E-state index in [9.17, 15) is 9.59 Å². The number of hydrogen-bond acceptors (Lipinski definition) is 3. The zero-order valence-corrected chi connectivity index (χ0v) is 13.2. The number of nitrogens with one attached hydrogen (secondary N) is 1. The van der Waals surface area contributed by atoms with E-state index >= 15 is 0 Å². The van der Waals surface area contributed by atoms with Crippen LogP contribution in [0, 0.1) is 11.3 Å². The van der Waals surface area contributed by atoms with E-state index in [1.165, 1.54) is 19.3 Å². The lowest BCUT2D eigenvalue weighted by molar-refractivity contribution is -0.145. The lowest BCUT2D eigenvalue weighted by Crippen LogP contribution is -2.50. The second kappa shape index (κ2) is 6.77. The number of piperidine rings is 1. The van der Waals surface area contributed by atoms with Crippen molar-refractivity contribution < 1.29 is 14.7 Å². The molecule has 1 aliphatic heterocycles. The minimum Gasteiger partial charge on any atom is -0.481 e. The van der Waals surface area contributed by atoms with Crippen LogP contribution in [0.1, 0.15) is 52.4 Å². The van der Waals surface area contributed by atoms with Crippen LogP contribution in [0.15, 0.2) is 0 Å². The Morgan fingerprint density at radius 2 is 1.86 bits per heavy atom. The summed E-state index contributed by atoms with van der Waals surface area (Å²) in [7, 11) is 0. The number of carboxylic acid groups (broad SMARTS) is 1. The third-order valence-corrected chi connectivity index (χ3v) is 5.20. The van der Waals surface area contributed by atoms with Gasteiger partial charge < -0.3 is 15.3 Å². The van der Waals surface area contributed by atoms with E-state index in [4.69, 9.17) is 5.11 Å². The Morgan fingerprint density at radius 3 is 2.43 bits per heavy atom. The topological polar surface area (TPSA) is 69.6 Å². The molecule has 0 aromatic carbocycles. The molecule has 0 aromatic rings. The first-order chi connectivity index (χ1) is 9.90. The fourth-order valence-electron chi connectivity index (χ4n) is 3.57. The highest BCUT2D eigenvalue weighted by Gasteiger charge is 2.33. The molecule has 1 amide bonds. The number of amides is 1. The summed E-state index contributed by atoms with van der Waals surface area (Å²) in [6.07, 6.45) is 6.03. The van der Waals surface area contributed by atoms with Crippen LogP contribution in [0.5, 0.6) is 0 Å². The summed E-state index contributed by atoms with van der Waals surface area (Å²) >= 11 is 0. The van der Waals surface area contributed by atoms with Crippen LogP contribution in [-0.4, -0.2) is 47.6 Å². The Bertz CT molecular complexity index is 387. The zero-order valence-electron chi connectivity index (χ0n) is 13.2. The van der Waals surface area contributed by atoms with Gasteiger partial charge in [0.15, 0.2) is 0 Å². The normalized spacial score (nSPS) is 26.6. The van der Waals surface area contributed by atoms with Gasteiger partial charge in [-0.25, -0.2) is 0 Å². The maximum absolute atomic E-state index is 12.2. The molecule has 2 fully saturated rings. The molecular formula is C16H28N2O3. The Labute approximate surface area is 127 Å². The number of likely N-dealkylation sites (tertiary alicyclic amines) is 1. The van der Waals surface area contributed by atoms with Crippen molar-refractivity contribution >= 4 is 11.9 Å². The SMILES string of the molecule is CC1(C)CCCCC1NCC(=O)N1CCC(C(=O)O)CC1. The quantitative estimate of drug-likeness (QED) is 0.831. The van der Waals surface area contributed by atoms with Gasteiger partial charge in [-0.15, -0.1) is 0 Å². The number of rotatable bonds is 4. The number of aliphatic carboxylic acids is 1. The number of nitrogens with zero attached hydrogens (tertiary/aromatic N) is 1. The molecule has 1 saturated carbocycles. The van der Waals surface area contributed by atoms with Crippen LogP contribution in [0.4, 0.5) is 0 Å². The van der Waals surface area contributed by atoms with Crippen molar-refractivity contribution in [1.82, 2.24) is 10.2 Å². The molecule has 1 aliphatic carbocycles. The molecule has 0 bridgehead atoms. The molecule has 2 N–H and O–H groups in total. The molecular weight excluding hydrogens is 268 g/mol. The van der Waals surface area contributed by atoms with Crippen LogP contribution < -0.4 is 5.32 Å². The molecule has 0 radical (unpaired) electrons. The summed E-state index contributed by atoms with van der Waals surface area (Å²) in [5, 5.41) is 12.4. The highest BCUT2D eigenvalue weighted by atomic mass is 16.4. The van der Waals surface area contributed by atoms with Crippen molar-refractivity contribution in [2.45, 2.75) is 58.4 Å². The maximum Gasteiger partial charge on any atom is 0.306 e. The molecule has 2 aliphatic rings. The largest absolute Gasteiger partial charge is 0.481 e. The van der Waals surface area contributed by atoms with Gasteiger partial charge in [0, 0.05) is 19.1 Å². The molecule has 120 valence electrons. The monoisotopic (exact) mass is 296 g/mol. The minimum atomic E-state index is -0.732. The summed E-state index contributed by atoms with van der Waals surface area (Å²) in [6.45, 7) is 6.07. The van der Waals surface area contributed by atoms with Gasteiger partial charge in [0.2, 0.25) is 5.91 Å². The third-order valence-electron chi connectivity index (χ3n) is 5.20. The van der Waals surface area contributed by atoms with Crippen LogP contribution >= 0.6 is 0 Å². The number of carboxylic acids is 1. The highest BCUT2D eigenvalue weighted by molar-refractivity contribution is 5.79. The van der Waals surface area contributed by atoms with Gasteiger partial charge in [0.1, 0.15) is 0 Å². The van der Waals surface area contributed by atoms with E-state index in [2.05, 4.69) is 19.2 Å². The summed E-state index contributed by atoms with van der Waals surface area (Å²) in [4.78, 5) is 25.0. The van der Waals surface area contributed by atoms with E-state index in [-0.39, 0.29) is 17.2 Å². The van der Waals surface area contributed by atoms with E-state index in [1.807, 2.05) is 4.90 Å². The molecule has 0 spiro atoms. The summed E-state index contributed by atoms with van der Waals surface area (Å²) in [5.41, 5.74) is 0.259. The number of hydrogen-bond donors (Lipinski definition) is 2. The Morgan fingerprint density at radius 1 is 1.19 bits per heavy atom. The Balaban J connectivity index is 1.76. The van der Waals surface area contributed by atoms with Crippen molar-refractivity contribution in [3.05, 3.63) is 0 Å². The van der Waals surface area contributed by atoms with Gasteiger partial charge in [-0.05, 0) is 31.1 Å². The van der Waals surface area contributed by atoms with Crippen LogP contribution in [-0.2, 0) is 9.59 Å². The molecule has 21 heavy (non-hydrogen) atoms. The maximum atomic E-state index is 12.2. The van der Waals surface area contributed by atoms with Crippen LogP contribution in [0.25, 0.3) is 0 Å². The Kier molecular flexibility index (Phi) is 5.25. The van der Waals surface area contributed by atoms with Crippen molar-refractivity contribution in [3.8, 4) is 0 Å². The predicted molar refractivity (Wildman–Crippen MR) is 81.0 cm³/mol. The minimum absolute atomic E-state index is 0.111. The smallest absolute Gasteiger partial charge is 0.306 e. The average Bonchev–Trinajstić information content (AvgIpc) is 2.45. The van der Waals surface area contributed by atoms with Gasteiger partial charge in [-0.2, -0.15) is 0 Å². The van der Waals surface area contributed by atoms with E-state index in [0.29, 0.717) is 38.5 Å². The van der Waals surface area contributed by atoms with Gasteiger partial charge in [0.05, 0.1) is 12.5 Å². The molecule has 1 heterocycles. The number of carbonyl (C=O) groups excluding carboxylic acids is 1. The first-order valence-electron chi connectivity index (χ1n) is 8.14. The van der Waals surface area contributed by atoms with Crippen LogP contribution in [0.2, 0.25) is 0 Å². The molecule has 0 aromatic heterocycles. The van der Waals surface area contributed by atoms with Crippen molar-refractivity contribution in [2.24, 2.45) is 11.3 Å². The summed E-state index contributed by atoms with van der Waals surface area (Å²) in [5.74, 6) is -0.899. The van der Waals surface area contributed by atoms with Gasteiger partial charge in [0.25, 0.3) is 0 Å². The molecule has 5 nitrogen and oxygen atoms in total. The van der Waals surface area contributed by atoms with Gasteiger partial charge in [-0.1, -0.05) is 26.7 Å². The van der Waals surface area contributed by atoms with Crippen molar-refractivity contribution in [1.29, 1.82) is 0 Å². The predicted octanol–water partition coefficient (Wildman–Crippen LogP) is 1.87.